The molecule has 0 aliphatic heterocycles. The molecule has 2 aromatic rings. The highest BCUT2D eigenvalue weighted by Gasteiger charge is 2.08. The van der Waals surface area contributed by atoms with Gasteiger partial charge >= 0.3 is 0 Å². The molecule has 0 saturated heterocycles. The summed E-state index contributed by atoms with van der Waals surface area (Å²) in [4.78, 5) is 8.04. The second kappa shape index (κ2) is 3.95. The van der Waals surface area contributed by atoms with Crippen LogP contribution in [0.4, 0.5) is 11.6 Å². The van der Waals surface area contributed by atoms with Gasteiger partial charge in [-0.05, 0) is 6.92 Å². The maximum absolute atomic E-state index is 5.66. The molecule has 6 nitrogen and oxygen atoms in total. The number of nitrogens with one attached hydrogen (secondary N) is 2. The zero-order chi connectivity index (χ0) is 10.7. The summed E-state index contributed by atoms with van der Waals surface area (Å²) in [5.74, 6) is 0.985. The van der Waals surface area contributed by atoms with Gasteiger partial charge in [0.25, 0.3) is 0 Å². The first kappa shape index (κ1) is 9.45. The largest absolute Gasteiger partial charge is 0.381 e. The summed E-state index contributed by atoms with van der Waals surface area (Å²) in [7, 11) is 0. The molecule has 2 heterocycles. The summed E-state index contributed by atoms with van der Waals surface area (Å²) in [6.07, 6.45) is 6.73. The van der Waals surface area contributed by atoms with E-state index in [2.05, 4.69) is 25.5 Å². The highest BCUT2D eigenvalue weighted by atomic mass is 15.1. The van der Waals surface area contributed by atoms with E-state index < -0.39 is 0 Å². The standard InChI is InChI=1S/C9H12N6/c1-6(7-4-13-14-5-7)15-9-8(10)11-2-3-12-9/h2-6H,1H3,(H2,10,11)(H,12,15)(H,13,14). The summed E-state index contributed by atoms with van der Waals surface area (Å²) in [5.41, 5.74) is 6.70. The van der Waals surface area contributed by atoms with Crippen LogP contribution in [0.25, 0.3) is 0 Å². The second-order valence-corrected chi connectivity index (χ2v) is 3.19. The Hall–Kier alpha value is -2.11. The van der Waals surface area contributed by atoms with E-state index in [9.17, 15) is 0 Å². The number of nitrogens with zero attached hydrogens (tertiary/aromatic N) is 3. The minimum Gasteiger partial charge on any atom is -0.381 e. The molecule has 6 heteroatoms. The van der Waals surface area contributed by atoms with Crippen LogP contribution in [0.3, 0.4) is 0 Å². The smallest absolute Gasteiger partial charge is 0.169 e. The molecule has 0 aliphatic rings. The summed E-state index contributed by atoms with van der Waals surface area (Å²) in [6, 6.07) is 0.0859. The summed E-state index contributed by atoms with van der Waals surface area (Å²) >= 11 is 0. The van der Waals surface area contributed by atoms with Crippen molar-refractivity contribution in [2.45, 2.75) is 13.0 Å². The molecule has 1 unspecified atom stereocenters. The van der Waals surface area contributed by atoms with Gasteiger partial charge in [-0.25, -0.2) is 9.97 Å². The van der Waals surface area contributed by atoms with Gasteiger partial charge < -0.3 is 11.1 Å². The molecule has 2 rings (SSSR count). The molecule has 0 aliphatic carbocycles. The zero-order valence-electron chi connectivity index (χ0n) is 8.31. The van der Waals surface area contributed by atoms with Crippen LogP contribution >= 0.6 is 0 Å². The van der Waals surface area contributed by atoms with Crippen LogP contribution in [0.5, 0.6) is 0 Å². The van der Waals surface area contributed by atoms with Crippen molar-refractivity contribution in [1.82, 2.24) is 20.2 Å². The molecule has 2 aromatic heterocycles. The highest BCUT2D eigenvalue weighted by Crippen LogP contribution is 2.18. The lowest BCUT2D eigenvalue weighted by Gasteiger charge is -2.13. The van der Waals surface area contributed by atoms with E-state index >= 15 is 0 Å². The molecule has 0 bridgehead atoms. The van der Waals surface area contributed by atoms with Crippen LogP contribution < -0.4 is 11.1 Å². The van der Waals surface area contributed by atoms with Crippen molar-refractivity contribution >= 4 is 11.6 Å². The highest BCUT2D eigenvalue weighted by molar-refractivity contribution is 5.55. The Morgan fingerprint density at radius 3 is 2.87 bits per heavy atom. The Kier molecular flexibility index (Phi) is 2.49. The van der Waals surface area contributed by atoms with Gasteiger partial charge in [0.15, 0.2) is 11.6 Å². The zero-order valence-corrected chi connectivity index (χ0v) is 8.31. The molecule has 4 N–H and O–H groups in total. The van der Waals surface area contributed by atoms with Gasteiger partial charge in [-0.2, -0.15) is 5.10 Å². The maximum Gasteiger partial charge on any atom is 0.169 e. The van der Waals surface area contributed by atoms with Crippen molar-refractivity contribution in [3.63, 3.8) is 0 Å². The summed E-state index contributed by atoms with van der Waals surface area (Å²) in [5, 5.41) is 9.78. The van der Waals surface area contributed by atoms with Crippen molar-refractivity contribution in [2.24, 2.45) is 0 Å². The van der Waals surface area contributed by atoms with Crippen molar-refractivity contribution in [3.8, 4) is 0 Å². The Labute approximate surface area is 86.9 Å². The molecule has 0 spiro atoms. The van der Waals surface area contributed by atoms with E-state index in [-0.39, 0.29) is 6.04 Å². The van der Waals surface area contributed by atoms with Gasteiger partial charge in [0.05, 0.1) is 12.2 Å². The van der Waals surface area contributed by atoms with E-state index in [1.165, 1.54) is 0 Å². The van der Waals surface area contributed by atoms with Gasteiger partial charge in [0.1, 0.15) is 0 Å². The average Bonchev–Trinajstić information content (AvgIpc) is 2.74. The molecule has 15 heavy (non-hydrogen) atoms. The Morgan fingerprint density at radius 2 is 2.20 bits per heavy atom. The number of aromatic nitrogens is 4. The van der Waals surface area contributed by atoms with Gasteiger partial charge in [0, 0.05) is 24.2 Å². The predicted octanol–water partition coefficient (Wildman–Crippen LogP) is 0.955. The van der Waals surface area contributed by atoms with Crippen molar-refractivity contribution < 1.29 is 0 Å². The number of rotatable bonds is 3. The lowest BCUT2D eigenvalue weighted by molar-refractivity contribution is 0.874. The molecule has 0 fully saturated rings. The quantitative estimate of drug-likeness (QED) is 0.692. The average molecular weight is 204 g/mol. The summed E-state index contributed by atoms with van der Waals surface area (Å²) < 4.78 is 0. The van der Waals surface area contributed by atoms with Crippen molar-refractivity contribution in [1.29, 1.82) is 0 Å². The fourth-order valence-electron chi connectivity index (χ4n) is 1.25. The molecule has 1 atom stereocenters. The van der Waals surface area contributed by atoms with Crippen LogP contribution in [-0.2, 0) is 0 Å². The van der Waals surface area contributed by atoms with E-state index in [1.54, 1.807) is 18.6 Å². The number of nitrogen functional groups attached to an aromatic ring is 1. The third-order valence-corrected chi connectivity index (χ3v) is 2.10. The van der Waals surface area contributed by atoms with Crippen molar-refractivity contribution in [3.05, 3.63) is 30.4 Å². The van der Waals surface area contributed by atoms with Crippen LogP contribution in [-0.4, -0.2) is 20.2 Å². The number of aromatic amines is 1. The SMILES string of the molecule is CC(Nc1nccnc1N)c1cn[nH]c1. The monoisotopic (exact) mass is 204 g/mol. The number of hydrogen-bond acceptors (Lipinski definition) is 5. The molecular formula is C9H12N6. The second-order valence-electron chi connectivity index (χ2n) is 3.19. The lowest BCUT2D eigenvalue weighted by atomic mass is 10.2. The Morgan fingerprint density at radius 1 is 1.40 bits per heavy atom. The van der Waals surface area contributed by atoms with Gasteiger partial charge in [-0.15, -0.1) is 0 Å². The Balaban J connectivity index is 2.13. The normalized spacial score (nSPS) is 12.3. The molecule has 0 radical (unpaired) electrons. The van der Waals surface area contributed by atoms with Crippen LogP contribution in [0.1, 0.15) is 18.5 Å². The van der Waals surface area contributed by atoms with E-state index in [1.807, 2.05) is 13.1 Å². The number of anilines is 2. The van der Waals surface area contributed by atoms with E-state index in [0.29, 0.717) is 11.6 Å². The number of hydrogen-bond donors (Lipinski definition) is 3. The minimum atomic E-state index is 0.0859. The maximum atomic E-state index is 5.66. The molecule has 0 saturated carbocycles. The summed E-state index contributed by atoms with van der Waals surface area (Å²) in [6.45, 7) is 2.00. The third-order valence-electron chi connectivity index (χ3n) is 2.10. The molecule has 78 valence electrons. The topological polar surface area (TPSA) is 92.5 Å². The number of nitrogens with two attached hydrogens (primary N) is 1. The van der Waals surface area contributed by atoms with Crippen LogP contribution in [0, 0.1) is 0 Å². The first-order valence-corrected chi connectivity index (χ1v) is 4.59. The fourth-order valence-corrected chi connectivity index (χ4v) is 1.25. The number of H-pyrrole nitrogens is 1. The molecular weight excluding hydrogens is 192 g/mol. The molecule has 0 amide bonds. The van der Waals surface area contributed by atoms with Gasteiger partial charge in [-0.3, -0.25) is 5.10 Å². The Bertz CT molecular complexity index is 424. The third kappa shape index (κ3) is 2.04. The van der Waals surface area contributed by atoms with Gasteiger partial charge in [0.2, 0.25) is 0 Å². The first-order valence-electron chi connectivity index (χ1n) is 4.59. The van der Waals surface area contributed by atoms with Gasteiger partial charge in [-0.1, -0.05) is 0 Å². The van der Waals surface area contributed by atoms with Crippen molar-refractivity contribution in [2.75, 3.05) is 11.1 Å². The van der Waals surface area contributed by atoms with Crippen LogP contribution in [0.2, 0.25) is 0 Å². The predicted molar refractivity (Wildman–Crippen MR) is 57.1 cm³/mol. The fraction of sp³-hybridized carbons (Fsp3) is 0.222. The lowest BCUT2D eigenvalue weighted by Crippen LogP contribution is -2.09. The minimum absolute atomic E-state index is 0.0859. The molecule has 0 aromatic carbocycles. The van der Waals surface area contributed by atoms with E-state index in [4.69, 9.17) is 5.73 Å². The van der Waals surface area contributed by atoms with Crippen LogP contribution in [0.15, 0.2) is 24.8 Å². The first-order chi connectivity index (χ1) is 7.27. The van der Waals surface area contributed by atoms with E-state index in [0.717, 1.165) is 5.56 Å².